The molecule has 0 unspecified atom stereocenters. The van der Waals surface area contributed by atoms with E-state index >= 15 is 0 Å². The molecule has 0 aromatic heterocycles. The molecule has 1 aliphatic rings. The summed E-state index contributed by atoms with van der Waals surface area (Å²) >= 11 is 3.21. The van der Waals surface area contributed by atoms with E-state index in [2.05, 4.69) is 26.6 Å². The highest BCUT2D eigenvalue weighted by molar-refractivity contribution is 9.10. The quantitative estimate of drug-likeness (QED) is 0.861. The number of urea groups is 1. The third kappa shape index (κ3) is 4.76. The molecule has 1 heterocycles. The van der Waals surface area contributed by atoms with Crippen molar-refractivity contribution < 1.29 is 13.9 Å². The predicted molar refractivity (Wildman–Crippen MR) is 78.1 cm³/mol. The number of ether oxygens (including phenoxy) is 1. The summed E-state index contributed by atoms with van der Waals surface area (Å²) in [5.41, 5.74) is 0.595. The van der Waals surface area contributed by atoms with E-state index in [0.717, 1.165) is 13.0 Å². The fourth-order valence-electron chi connectivity index (χ4n) is 2.08. The van der Waals surface area contributed by atoms with Crippen LogP contribution in [0.15, 0.2) is 22.7 Å². The molecule has 2 N–H and O–H groups in total. The second-order valence-electron chi connectivity index (χ2n) is 4.85. The van der Waals surface area contributed by atoms with E-state index < -0.39 is 0 Å². The zero-order valence-electron chi connectivity index (χ0n) is 11.1. The molecule has 0 saturated carbocycles. The Labute approximate surface area is 126 Å². The van der Waals surface area contributed by atoms with Gasteiger partial charge in [-0.15, -0.1) is 0 Å². The van der Waals surface area contributed by atoms with Gasteiger partial charge >= 0.3 is 6.03 Å². The Balaban J connectivity index is 1.65. The average Bonchev–Trinajstić information content (AvgIpc) is 2.92. The topological polar surface area (TPSA) is 50.4 Å². The van der Waals surface area contributed by atoms with E-state index in [1.165, 1.54) is 6.07 Å². The van der Waals surface area contributed by atoms with Gasteiger partial charge in [0, 0.05) is 30.1 Å². The lowest BCUT2D eigenvalue weighted by atomic mass is 10.1. The van der Waals surface area contributed by atoms with Crippen molar-refractivity contribution in [2.24, 2.45) is 5.92 Å². The van der Waals surface area contributed by atoms with Crippen molar-refractivity contribution in [3.8, 4) is 0 Å². The van der Waals surface area contributed by atoms with Crippen molar-refractivity contribution in [3.63, 3.8) is 0 Å². The smallest absolute Gasteiger partial charge is 0.314 e. The number of amides is 2. The highest BCUT2D eigenvalue weighted by atomic mass is 79.9. The molecule has 4 nitrogen and oxygen atoms in total. The van der Waals surface area contributed by atoms with E-state index in [1.807, 2.05) is 0 Å². The number of benzene rings is 1. The summed E-state index contributed by atoms with van der Waals surface area (Å²) in [5.74, 6) is 0.148. The lowest BCUT2D eigenvalue weighted by Crippen LogP contribution is -2.39. The summed E-state index contributed by atoms with van der Waals surface area (Å²) in [7, 11) is 0. The fraction of sp³-hybridized carbons (Fsp3) is 0.500. The maximum Gasteiger partial charge on any atom is 0.314 e. The Morgan fingerprint density at radius 3 is 3.00 bits per heavy atom. The lowest BCUT2D eigenvalue weighted by molar-refractivity contribution is 0.185. The summed E-state index contributed by atoms with van der Waals surface area (Å²) in [4.78, 5) is 11.6. The number of nitrogens with one attached hydrogen (secondary N) is 2. The van der Waals surface area contributed by atoms with Crippen molar-refractivity contribution in [3.05, 3.63) is 34.1 Å². The third-order valence-corrected chi connectivity index (χ3v) is 3.76. The Hall–Kier alpha value is -1.14. The van der Waals surface area contributed by atoms with Crippen molar-refractivity contribution in [1.82, 2.24) is 10.6 Å². The summed E-state index contributed by atoms with van der Waals surface area (Å²) in [6, 6.07) is 4.72. The van der Waals surface area contributed by atoms with Crippen molar-refractivity contribution in [2.75, 3.05) is 26.3 Å². The Bertz CT molecular complexity index is 464. The van der Waals surface area contributed by atoms with Crippen LogP contribution in [0.1, 0.15) is 12.0 Å². The molecule has 1 saturated heterocycles. The lowest BCUT2D eigenvalue weighted by Gasteiger charge is -2.11. The molecule has 0 bridgehead atoms. The standard InChI is InChI=1S/C14H18BrFN2O2/c15-12-2-1-11(13(16)7-12)3-5-17-14(19)18-8-10-4-6-20-9-10/h1-2,7,10H,3-6,8-9H2,(H2,17,18,19)/t10-/m1/s1. The maximum absolute atomic E-state index is 13.6. The first-order valence-electron chi connectivity index (χ1n) is 6.68. The molecule has 110 valence electrons. The van der Waals surface area contributed by atoms with Gasteiger partial charge < -0.3 is 15.4 Å². The Morgan fingerprint density at radius 2 is 2.30 bits per heavy atom. The molecule has 1 aromatic rings. The van der Waals surface area contributed by atoms with Crippen LogP contribution in [0.5, 0.6) is 0 Å². The zero-order chi connectivity index (χ0) is 14.4. The summed E-state index contributed by atoms with van der Waals surface area (Å²) < 4.78 is 19.5. The first kappa shape index (κ1) is 15.3. The maximum atomic E-state index is 13.6. The predicted octanol–water partition coefficient (Wildman–Crippen LogP) is 2.47. The molecule has 0 radical (unpaired) electrons. The summed E-state index contributed by atoms with van der Waals surface area (Å²) in [6.07, 6.45) is 1.46. The van der Waals surface area contributed by atoms with Gasteiger partial charge in [0.15, 0.2) is 0 Å². The molecule has 1 aromatic carbocycles. The number of carbonyl (C=O) groups is 1. The zero-order valence-corrected chi connectivity index (χ0v) is 12.7. The number of halogens is 2. The van der Waals surface area contributed by atoms with Crippen molar-refractivity contribution in [1.29, 1.82) is 0 Å². The normalized spacial score (nSPS) is 18.0. The minimum Gasteiger partial charge on any atom is -0.381 e. The first-order valence-corrected chi connectivity index (χ1v) is 7.48. The van der Waals surface area contributed by atoms with E-state index in [-0.39, 0.29) is 11.8 Å². The van der Waals surface area contributed by atoms with E-state index in [4.69, 9.17) is 4.74 Å². The molecule has 1 atom stereocenters. The van der Waals surface area contributed by atoms with Gasteiger partial charge in [0.2, 0.25) is 0 Å². The minimum absolute atomic E-state index is 0.214. The van der Waals surface area contributed by atoms with Crippen molar-refractivity contribution in [2.45, 2.75) is 12.8 Å². The SMILES string of the molecule is O=C(NCCc1ccc(Br)cc1F)NC[C@H]1CCOC1. The number of carbonyl (C=O) groups excluding carboxylic acids is 1. The molecule has 2 rings (SSSR count). The molecule has 20 heavy (non-hydrogen) atoms. The van der Waals surface area contributed by atoms with E-state index in [0.29, 0.717) is 42.1 Å². The van der Waals surface area contributed by atoms with Gasteiger partial charge in [-0.05, 0) is 30.5 Å². The molecule has 0 aliphatic carbocycles. The number of rotatable bonds is 5. The van der Waals surface area contributed by atoms with Crippen LogP contribution in [0.25, 0.3) is 0 Å². The van der Waals surface area contributed by atoms with Crippen LogP contribution in [0.2, 0.25) is 0 Å². The second-order valence-corrected chi connectivity index (χ2v) is 5.77. The van der Waals surface area contributed by atoms with Gasteiger partial charge in [-0.3, -0.25) is 0 Å². The van der Waals surface area contributed by atoms with E-state index in [9.17, 15) is 9.18 Å². The number of hydrogen-bond acceptors (Lipinski definition) is 2. The largest absolute Gasteiger partial charge is 0.381 e. The molecule has 1 fully saturated rings. The number of hydrogen-bond donors (Lipinski definition) is 2. The van der Waals surface area contributed by atoms with Crippen molar-refractivity contribution >= 4 is 22.0 Å². The third-order valence-electron chi connectivity index (χ3n) is 3.27. The Kier molecular flexibility index (Phi) is 5.79. The summed E-state index contributed by atoms with van der Waals surface area (Å²) in [6.45, 7) is 2.52. The van der Waals surface area contributed by atoms with Crippen LogP contribution < -0.4 is 10.6 Å². The van der Waals surface area contributed by atoms with Crippen LogP contribution >= 0.6 is 15.9 Å². The fourth-order valence-corrected chi connectivity index (χ4v) is 2.41. The Morgan fingerprint density at radius 1 is 1.45 bits per heavy atom. The van der Waals surface area contributed by atoms with Crippen LogP contribution in [-0.4, -0.2) is 32.3 Å². The van der Waals surface area contributed by atoms with Gasteiger partial charge in [-0.1, -0.05) is 22.0 Å². The van der Waals surface area contributed by atoms with Crippen LogP contribution in [0.3, 0.4) is 0 Å². The van der Waals surface area contributed by atoms with E-state index in [1.54, 1.807) is 12.1 Å². The van der Waals surface area contributed by atoms with Gasteiger partial charge in [0.25, 0.3) is 0 Å². The van der Waals surface area contributed by atoms with Crippen LogP contribution in [0.4, 0.5) is 9.18 Å². The summed E-state index contributed by atoms with van der Waals surface area (Å²) in [5, 5.41) is 5.53. The molecule has 6 heteroatoms. The molecular weight excluding hydrogens is 327 g/mol. The molecule has 1 aliphatic heterocycles. The van der Waals surface area contributed by atoms with Gasteiger partial charge in [-0.2, -0.15) is 0 Å². The highest BCUT2D eigenvalue weighted by Gasteiger charge is 2.16. The monoisotopic (exact) mass is 344 g/mol. The molecule has 0 spiro atoms. The highest BCUT2D eigenvalue weighted by Crippen LogP contribution is 2.15. The van der Waals surface area contributed by atoms with Crippen LogP contribution in [-0.2, 0) is 11.2 Å². The molecule has 2 amide bonds. The van der Waals surface area contributed by atoms with Gasteiger partial charge in [0.05, 0.1) is 6.61 Å². The minimum atomic E-state index is -0.260. The first-order chi connectivity index (χ1) is 9.65. The van der Waals surface area contributed by atoms with Gasteiger partial charge in [-0.25, -0.2) is 9.18 Å². The molecular formula is C14H18BrFN2O2. The van der Waals surface area contributed by atoms with Crippen LogP contribution in [0, 0.1) is 11.7 Å². The van der Waals surface area contributed by atoms with Gasteiger partial charge in [0.1, 0.15) is 5.82 Å². The average molecular weight is 345 g/mol. The second kappa shape index (κ2) is 7.59.